The molecule has 0 amide bonds. The van der Waals surface area contributed by atoms with E-state index < -0.39 is 0 Å². The van der Waals surface area contributed by atoms with Crippen LogP contribution in [0, 0.1) is 5.82 Å². The molecule has 0 aliphatic rings. The van der Waals surface area contributed by atoms with E-state index in [1.807, 2.05) is 0 Å². The standard InChI is InChI=1S/C19H16FN3O/c1-22-11-16-15(14-4-2-3-5-17(14)20)10-18(23-19(16)21)12-6-8-13(24)9-7-12/h2-11,24H,1H3,(H2,21,23). The van der Waals surface area contributed by atoms with Crippen molar-refractivity contribution in [2.45, 2.75) is 0 Å². The first-order chi connectivity index (χ1) is 11.6. The Hall–Kier alpha value is -3.21. The van der Waals surface area contributed by atoms with Gasteiger partial charge in [-0.15, -0.1) is 0 Å². The summed E-state index contributed by atoms with van der Waals surface area (Å²) < 4.78 is 14.3. The number of pyridine rings is 1. The number of hydrogen-bond acceptors (Lipinski definition) is 4. The number of phenolic OH excluding ortho intramolecular Hbond substituents is 1. The Kier molecular flexibility index (Phi) is 4.24. The Morgan fingerprint density at radius 3 is 2.46 bits per heavy atom. The smallest absolute Gasteiger partial charge is 0.133 e. The first-order valence-corrected chi connectivity index (χ1v) is 7.37. The van der Waals surface area contributed by atoms with Gasteiger partial charge in [0.05, 0.1) is 5.69 Å². The van der Waals surface area contributed by atoms with Crippen LogP contribution in [0.3, 0.4) is 0 Å². The molecule has 3 rings (SSSR count). The monoisotopic (exact) mass is 321 g/mol. The van der Waals surface area contributed by atoms with Gasteiger partial charge in [-0.1, -0.05) is 18.2 Å². The molecule has 0 radical (unpaired) electrons. The molecule has 0 aliphatic heterocycles. The summed E-state index contributed by atoms with van der Waals surface area (Å²) in [6.45, 7) is 0. The van der Waals surface area contributed by atoms with Gasteiger partial charge >= 0.3 is 0 Å². The van der Waals surface area contributed by atoms with E-state index in [1.165, 1.54) is 6.07 Å². The third-order valence-electron chi connectivity index (χ3n) is 3.67. The molecule has 0 atom stereocenters. The number of aromatic nitrogens is 1. The van der Waals surface area contributed by atoms with Crippen molar-refractivity contribution < 1.29 is 9.50 Å². The van der Waals surface area contributed by atoms with Crippen LogP contribution in [0.15, 0.2) is 59.6 Å². The van der Waals surface area contributed by atoms with E-state index in [2.05, 4.69) is 9.98 Å². The number of hydrogen-bond donors (Lipinski definition) is 2. The van der Waals surface area contributed by atoms with E-state index >= 15 is 0 Å². The molecule has 1 heterocycles. The number of nitrogen functional groups attached to an aromatic ring is 1. The van der Waals surface area contributed by atoms with Crippen LogP contribution in [-0.4, -0.2) is 23.4 Å². The Bertz CT molecular complexity index is 905. The van der Waals surface area contributed by atoms with Gasteiger partial charge in [-0.2, -0.15) is 0 Å². The Morgan fingerprint density at radius 2 is 1.79 bits per heavy atom. The fraction of sp³-hybridized carbons (Fsp3) is 0.0526. The number of aromatic hydroxyl groups is 1. The molecule has 24 heavy (non-hydrogen) atoms. The summed E-state index contributed by atoms with van der Waals surface area (Å²) in [6.07, 6.45) is 1.57. The van der Waals surface area contributed by atoms with Gasteiger partial charge in [0.15, 0.2) is 0 Å². The predicted molar refractivity (Wildman–Crippen MR) is 94.7 cm³/mol. The van der Waals surface area contributed by atoms with E-state index in [4.69, 9.17) is 5.73 Å². The number of rotatable bonds is 3. The third kappa shape index (κ3) is 2.96. The minimum absolute atomic E-state index is 0.163. The lowest BCUT2D eigenvalue weighted by molar-refractivity contribution is 0.475. The Labute approximate surface area is 139 Å². The molecular formula is C19H16FN3O. The van der Waals surface area contributed by atoms with Crippen LogP contribution in [0.25, 0.3) is 22.4 Å². The van der Waals surface area contributed by atoms with Crippen molar-refractivity contribution >= 4 is 12.0 Å². The zero-order valence-electron chi connectivity index (χ0n) is 13.1. The lowest BCUT2D eigenvalue weighted by Crippen LogP contribution is -2.02. The first kappa shape index (κ1) is 15.7. The number of nitrogens with two attached hydrogens (primary N) is 1. The normalized spacial score (nSPS) is 11.1. The molecule has 0 aliphatic carbocycles. The number of nitrogens with zero attached hydrogens (tertiary/aromatic N) is 2. The molecular weight excluding hydrogens is 305 g/mol. The second-order valence-corrected chi connectivity index (χ2v) is 5.27. The highest BCUT2D eigenvalue weighted by atomic mass is 19.1. The highest BCUT2D eigenvalue weighted by Crippen LogP contribution is 2.32. The van der Waals surface area contributed by atoms with Gasteiger partial charge in [0.1, 0.15) is 17.4 Å². The summed E-state index contributed by atoms with van der Waals surface area (Å²) >= 11 is 0. The predicted octanol–water partition coefficient (Wildman–Crippen LogP) is 3.89. The molecule has 5 heteroatoms. The van der Waals surface area contributed by atoms with Gasteiger partial charge < -0.3 is 10.8 Å². The van der Waals surface area contributed by atoms with Crippen molar-refractivity contribution in [1.82, 2.24) is 4.98 Å². The number of halogens is 1. The molecule has 0 saturated carbocycles. The van der Waals surface area contributed by atoms with Gasteiger partial charge in [0.25, 0.3) is 0 Å². The summed E-state index contributed by atoms with van der Waals surface area (Å²) in [5.74, 6) is 0.0886. The van der Waals surface area contributed by atoms with Crippen LogP contribution < -0.4 is 5.73 Å². The van der Waals surface area contributed by atoms with Gasteiger partial charge in [-0.3, -0.25) is 4.99 Å². The summed E-state index contributed by atoms with van der Waals surface area (Å²) in [6, 6.07) is 14.9. The van der Waals surface area contributed by atoms with E-state index in [1.54, 1.807) is 61.8 Å². The van der Waals surface area contributed by atoms with Crippen molar-refractivity contribution in [3.63, 3.8) is 0 Å². The number of aliphatic imine (C=N–C) groups is 1. The van der Waals surface area contributed by atoms with Crippen molar-refractivity contribution in [2.75, 3.05) is 12.8 Å². The third-order valence-corrected chi connectivity index (χ3v) is 3.67. The molecule has 0 spiro atoms. The molecule has 120 valence electrons. The molecule has 0 unspecified atom stereocenters. The average molecular weight is 321 g/mol. The molecule has 0 saturated heterocycles. The SMILES string of the molecule is CN=Cc1c(-c2ccccc2F)cc(-c2ccc(O)cc2)nc1N. The maximum atomic E-state index is 14.3. The molecule has 0 bridgehead atoms. The number of phenols is 1. The van der Waals surface area contributed by atoms with E-state index in [-0.39, 0.29) is 17.4 Å². The second kappa shape index (κ2) is 6.50. The molecule has 2 aromatic carbocycles. The van der Waals surface area contributed by atoms with Crippen LogP contribution in [-0.2, 0) is 0 Å². The molecule has 3 N–H and O–H groups in total. The maximum absolute atomic E-state index is 14.3. The van der Waals surface area contributed by atoms with Crippen molar-refractivity contribution in [3.8, 4) is 28.1 Å². The van der Waals surface area contributed by atoms with Crippen molar-refractivity contribution in [2.24, 2.45) is 4.99 Å². The Morgan fingerprint density at radius 1 is 1.08 bits per heavy atom. The Balaban J connectivity index is 2.25. The van der Waals surface area contributed by atoms with Crippen molar-refractivity contribution in [1.29, 1.82) is 0 Å². The molecule has 3 aromatic rings. The van der Waals surface area contributed by atoms with Gasteiger partial charge in [0.2, 0.25) is 0 Å². The summed E-state index contributed by atoms with van der Waals surface area (Å²) in [5.41, 5.74) is 9.09. The number of benzene rings is 2. The molecule has 4 nitrogen and oxygen atoms in total. The minimum Gasteiger partial charge on any atom is -0.508 e. The summed E-state index contributed by atoms with van der Waals surface area (Å²) in [4.78, 5) is 8.39. The average Bonchev–Trinajstić information content (AvgIpc) is 2.58. The first-order valence-electron chi connectivity index (χ1n) is 7.37. The van der Waals surface area contributed by atoms with E-state index in [9.17, 15) is 9.50 Å². The summed E-state index contributed by atoms with van der Waals surface area (Å²) in [5, 5.41) is 9.43. The van der Waals surface area contributed by atoms with Crippen LogP contribution >= 0.6 is 0 Å². The second-order valence-electron chi connectivity index (χ2n) is 5.27. The highest BCUT2D eigenvalue weighted by molar-refractivity contribution is 5.96. The van der Waals surface area contributed by atoms with Gasteiger partial charge in [0, 0.05) is 30.0 Å². The van der Waals surface area contributed by atoms with Crippen LogP contribution in [0.1, 0.15) is 5.56 Å². The quantitative estimate of drug-likeness (QED) is 0.719. The van der Waals surface area contributed by atoms with Gasteiger partial charge in [-0.05, 0) is 42.0 Å². The largest absolute Gasteiger partial charge is 0.508 e. The zero-order valence-corrected chi connectivity index (χ0v) is 13.1. The fourth-order valence-electron chi connectivity index (χ4n) is 2.52. The molecule has 0 fully saturated rings. The van der Waals surface area contributed by atoms with Crippen LogP contribution in [0.2, 0.25) is 0 Å². The van der Waals surface area contributed by atoms with Crippen LogP contribution in [0.5, 0.6) is 5.75 Å². The van der Waals surface area contributed by atoms with Crippen molar-refractivity contribution in [3.05, 3.63) is 66.0 Å². The van der Waals surface area contributed by atoms with Gasteiger partial charge in [-0.25, -0.2) is 9.37 Å². The fourth-order valence-corrected chi connectivity index (χ4v) is 2.52. The lowest BCUT2D eigenvalue weighted by atomic mass is 9.98. The number of anilines is 1. The molecule has 1 aromatic heterocycles. The summed E-state index contributed by atoms with van der Waals surface area (Å²) in [7, 11) is 1.62. The van der Waals surface area contributed by atoms with Crippen LogP contribution in [0.4, 0.5) is 10.2 Å². The maximum Gasteiger partial charge on any atom is 0.133 e. The minimum atomic E-state index is -0.342. The van der Waals surface area contributed by atoms with E-state index in [0.29, 0.717) is 22.4 Å². The lowest BCUT2D eigenvalue weighted by Gasteiger charge is -2.12. The van der Waals surface area contributed by atoms with E-state index in [0.717, 1.165) is 5.56 Å². The zero-order chi connectivity index (χ0) is 17.1. The topological polar surface area (TPSA) is 71.5 Å². The highest BCUT2D eigenvalue weighted by Gasteiger charge is 2.14.